The quantitative estimate of drug-likeness (QED) is 0.747. The summed E-state index contributed by atoms with van der Waals surface area (Å²) < 4.78 is 15.4. The fourth-order valence-corrected chi connectivity index (χ4v) is 2.64. The van der Waals surface area contributed by atoms with E-state index in [1.54, 1.807) is 43.5 Å². The van der Waals surface area contributed by atoms with E-state index in [1.807, 2.05) is 13.8 Å². The Balaban J connectivity index is 1.78. The number of methoxy groups -OCH3 is 1. The van der Waals surface area contributed by atoms with Crippen molar-refractivity contribution in [2.24, 2.45) is 0 Å². The predicted molar refractivity (Wildman–Crippen MR) is 99.0 cm³/mol. The van der Waals surface area contributed by atoms with Crippen LogP contribution in [-0.4, -0.2) is 32.2 Å². The van der Waals surface area contributed by atoms with Gasteiger partial charge in [-0.2, -0.15) is 0 Å². The van der Waals surface area contributed by atoms with Crippen LogP contribution in [0.25, 0.3) is 0 Å². The van der Waals surface area contributed by atoms with Gasteiger partial charge in [0.05, 0.1) is 7.11 Å². The first-order chi connectivity index (χ1) is 12.4. The number of benzene rings is 2. The van der Waals surface area contributed by atoms with Gasteiger partial charge in [-0.25, -0.2) is 4.79 Å². The SMILES string of the molecule is COc1ccc(NC(=O)COC(=O)COc2c(C)cc(Cl)cc2C)cc1. The van der Waals surface area contributed by atoms with Crippen LogP contribution in [-0.2, 0) is 14.3 Å². The molecule has 0 fully saturated rings. The largest absolute Gasteiger partial charge is 0.497 e. The van der Waals surface area contributed by atoms with E-state index in [0.717, 1.165) is 11.1 Å². The van der Waals surface area contributed by atoms with Gasteiger partial charge in [-0.3, -0.25) is 4.79 Å². The average Bonchev–Trinajstić information content (AvgIpc) is 2.59. The molecule has 7 heteroatoms. The Labute approximate surface area is 157 Å². The molecule has 0 aliphatic rings. The van der Waals surface area contributed by atoms with Gasteiger partial charge >= 0.3 is 5.97 Å². The number of halogens is 1. The van der Waals surface area contributed by atoms with E-state index in [4.69, 9.17) is 25.8 Å². The van der Waals surface area contributed by atoms with Crippen molar-refractivity contribution >= 4 is 29.2 Å². The third-order valence-corrected chi connectivity index (χ3v) is 3.72. The lowest BCUT2D eigenvalue weighted by Crippen LogP contribution is -2.23. The van der Waals surface area contributed by atoms with Gasteiger partial charge in [0.1, 0.15) is 11.5 Å². The first kappa shape index (κ1) is 19.6. The number of hydrogen-bond acceptors (Lipinski definition) is 5. The molecule has 1 amide bonds. The highest BCUT2D eigenvalue weighted by Crippen LogP contribution is 2.26. The highest BCUT2D eigenvalue weighted by Gasteiger charge is 2.11. The average molecular weight is 378 g/mol. The predicted octanol–water partition coefficient (Wildman–Crippen LogP) is 3.53. The van der Waals surface area contributed by atoms with Crippen molar-refractivity contribution in [3.8, 4) is 11.5 Å². The van der Waals surface area contributed by atoms with Gasteiger partial charge in [0.15, 0.2) is 13.2 Å². The van der Waals surface area contributed by atoms with Crippen LogP contribution < -0.4 is 14.8 Å². The Bertz CT molecular complexity index is 766. The topological polar surface area (TPSA) is 73.9 Å². The highest BCUT2D eigenvalue weighted by molar-refractivity contribution is 6.30. The summed E-state index contributed by atoms with van der Waals surface area (Å²) in [6, 6.07) is 10.3. The molecule has 0 atom stereocenters. The maximum atomic E-state index is 11.8. The molecular weight excluding hydrogens is 358 g/mol. The summed E-state index contributed by atoms with van der Waals surface area (Å²) in [6.45, 7) is 2.98. The zero-order valence-electron chi connectivity index (χ0n) is 14.8. The zero-order chi connectivity index (χ0) is 19.1. The van der Waals surface area contributed by atoms with Crippen LogP contribution >= 0.6 is 11.6 Å². The van der Waals surface area contributed by atoms with Crippen molar-refractivity contribution in [1.82, 2.24) is 0 Å². The second-order valence-electron chi connectivity index (χ2n) is 5.59. The monoisotopic (exact) mass is 377 g/mol. The minimum absolute atomic E-state index is 0.293. The lowest BCUT2D eigenvalue weighted by atomic mass is 10.1. The lowest BCUT2D eigenvalue weighted by molar-refractivity contribution is -0.149. The summed E-state index contributed by atoms with van der Waals surface area (Å²) in [5.41, 5.74) is 2.22. The Kier molecular flexibility index (Phi) is 6.86. The Hall–Kier alpha value is -2.73. The van der Waals surface area contributed by atoms with Crippen molar-refractivity contribution in [2.45, 2.75) is 13.8 Å². The van der Waals surface area contributed by atoms with Crippen molar-refractivity contribution in [2.75, 3.05) is 25.6 Å². The Morgan fingerprint density at radius 1 is 1.04 bits per heavy atom. The molecule has 0 unspecified atom stereocenters. The molecule has 0 bridgehead atoms. The van der Waals surface area contributed by atoms with Gasteiger partial charge < -0.3 is 19.5 Å². The number of amides is 1. The molecule has 0 spiro atoms. The van der Waals surface area contributed by atoms with Crippen molar-refractivity contribution in [3.05, 3.63) is 52.5 Å². The van der Waals surface area contributed by atoms with E-state index in [9.17, 15) is 9.59 Å². The molecule has 2 rings (SSSR count). The second-order valence-corrected chi connectivity index (χ2v) is 6.03. The number of aryl methyl sites for hydroxylation is 2. The first-order valence-corrected chi connectivity index (χ1v) is 8.26. The summed E-state index contributed by atoms with van der Waals surface area (Å²) in [7, 11) is 1.56. The van der Waals surface area contributed by atoms with Gasteiger partial charge in [0.2, 0.25) is 0 Å². The number of carbonyl (C=O) groups excluding carboxylic acids is 2. The fraction of sp³-hybridized carbons (Fsp3) is 0.263. The molecular formula is C19H20ClNO5. The van der Waals surface area contributed by atoms with E-state index >= 15 is 0 Å². The van der Waals surface area contributed by atoms with Crippen LogP contribution in [0, 0.1) is 13.8 Å². The lowest BCUT2D eigenvalue weighted by Gasteiger charge is -2.12. The molecule has 26 heavy (non-hydrogen) atoms. The maximum Gasteiger partial charge on any atom is 0.344 e. The van der Waals surface area contributed by atoms with Gasteiger partial charge in [-0.05, 0) is 61.4 Å². The van der Waals surface area contributed by atoms with Crippen molar-refractivity contribution < 1.29 is 23.8 Å². The van der Waals surface area contributed by atoms with Crippen LogP contribution in [0.5, 0.6) is 11.5 Å². The maximum absolute atomic E-state index is 11.8. The van der Waals surface area contributed by atoms with E-state index in [2.05, 4.69) is 5.32 Å². The van der Waals surface area contributed by atoms with Crippen LogP contribution in [0.2, 0.25) is 5.02 Å². The summed E-state index contributed by atoms with van der Waals surface area (Å²) >= 11 is 5.95. The number of ether oxygens (including phenoxy) is 3. The van der Waals surface area contributed by atoms with E-state index in [1.165, 1.54) is 0 Å². The highest BCUT2D eigenvalue weighted by atomic mass is 35.5. The van der Waals surface area contributed by atoms with Gasteiger partial charge in [-0.15, -0.1) is 0 Å². The number of rotatable bonds is 7. The van der Waals surface area contributed by atoms with Crippen LogP contribution in [0.3, 0.4) is 0 Å². The van der Waals surface area contributed by atoms with Crippen LogP contribution in [0.4, 0.5) is 5.69 Å². The molecule has 2 aromatic rings. The molecule has 0 aliphatic carbocycles. The van der Waals surface area contributed by atoms with Gasteiger partial charge in [0.25, 0.3) is 5.91 Å². The zero-order valence-corrected chi connectivity index (χ0v) is 15.6. The van der Waals surface area contributed by atoms with E-state index < -0.39 is 18.5 Å². The van der Waals surface area contributed by atoms with Crippen molar-refractivity contribution in [1.29, 1.82) is 0 Å². The van der Waals surface area contributed by atoms with Gasteiger partial charge in [-0.1, -0.05) is 11.6 Å². The van der Waals surface area contributed by atoms with Gasteiger partial charge in [0, 0.05) is 10.7 Å². The number of nitrogens with one attached hydrogen (secondary N) is 1. The summed E-state index contributed by atoms with van der Waals surface area (Å²) in [6.07, 6.45) is 0. The molecule has 0 aliphatic heterocycles. The van der Waals surface area contributed by atoms with Crippen LogP contribution in [0.1, 0.15) is 11.1 Å². The second kappa shape index (κ2) is 9.10. The summed E-state index contributed by atoms with van der Waals surface area (Å²) in [5, 5.41) is 3.22. The first-order valence-electron chi connectivity index (χ1n) is 7.88. The molecule has 2 aromatic carbocycles. The van der Waals surface area contributed by atoms with Crippen molar-refractivity contribution in [3.63, 3.8) is 0 Å². The molecule has 1 N–H and O–H groups in total. The molecule has 0 saturated heterocycles. The number of esters is 1. The van der Waals surface area contributed by atoms with Crippen LogP contribution in [0.15, 0.2) is 36.4 Å². The molecule has 0 saturated carbocycles. The Morgan fingerprint density at radius 3 is 2.23 bits per heavy atom. The molecule has 0 radical (unpaired) electrons. The minimum atomic E-state index is -0.636. The van der Waals surface area contributed by atoms with E-state index in [0.29, 0.717) is 22.2 Å². The molecule has 0 aromatic heterocycles. The Morgan fingerprint density at radius 2 is 1.65 bits per heavy atom. The molecule has 6 nitrogen and oxygen atoms in total. The normalized spacial score (nSPS) is 10.2. The third-order valence-electron chi connectivity index (χ3n) is 3.50. The summed E-state index contributed by atoms with van der Waals surface area (Å²) in [5.74, 6) is 0.180. The van der Waals surface area contributed by atoms with E-state index in [-0.39, 0.29) is 6.61 Å². The summed E-state index contributed by atoms with van der Waals surface area (Å²) in [4.78, 5) is 23.6. The number of anilines is 1. The fourth-order valence-electron chi connectivity index (χ4n) is 2.32. The standard InChI is InChI=1S/C19H20ClNO5/c1-12-8-14(20)9-13(2)19(12)26-11-18(23)25-10-17(22)21-15-4-6-16(24-3)7-5-15/h4-9H,10-11H2,1-3H3,(H,21,22). The molecule has 138 valence electrons. The minimum Gasteiger partial charge on any atom is -0.497 e. The smallest absolute Gasteiger partial charge is 0.344 e. The molecule has 0 heterocycles. The number of hydrogen-bond donors (Lipinski definition) is 1. The third kappa shape index (κ3) is 5.67. The number of carbonyl (C=O) groups is 2.